The smallest absolute Gasteiger partial charge is 0.350 e. The van der Waals surface area contributed by atoms with Crippen molar-refractivity contribution in [3.05, 3.63) is 10.4 Å². The number of rotatable bonds is 6. The molecule has 2 atom stereocenters. The Hall–Kier alpha value is -1.18. The van der Waals surface area contributed by atoms with Crippen LogP contribution in [0.2, 0.25) is 0 Å². The van der Waals surface area contributed by atoms with Gasteiger partial charge in [0, 0.05) is 27.4 Å². The van der Waals surface area contributed by atoms with Crippen LogP contribution in [0.25, 0.3) is 0 Å². The van der Waals surface area contributed by atoms with Crippen molar-refractivity contribution in [3.63, 3.8) is 0 Å². The molecule has 0 saturated heterocycles. The molecular weight excluding hydrogens is 252 g/mol. The highest BCUT2D eigenvalue weighted by molar-refractivity contribution is 5.70. The fraction of sp³-hybridized carbons (Fsp3) is 0.833. The molecule has 19 heavy (non-hydrogen) atoms. The van der Waals surface area contributed by atoms with Gasteiger partial charge in [-0.3, -0.25) is 9.86 Å². The first-order valence-electron chi connectivity index (χ1n) is 6.32. The average Bonchev–Trinajstić information content (AvgIpc) is 2.53. The summed E-state index contributed by atoms with van der Waals surface area (Å²) in [6.45, 7) is 3.41. The first kappa shape index (κ1) is 15.9. The molecular formula is C12H22N2O5. The predicted octanol–water partition coefficient (Wildman–Crippen LogP) is -0.224. The second-order valence-electron chi connectivity index (χ2n) is 5.19. The summed E-state index contributed by atoms with van der Waals surface area (Å²) in [5, 5.41) is 24.0. The number of nitrogens with zero attached hydrogens (tertiary/aromatic N) is 1. The normalized spacial score (nSPS) is 25.7. The number of carbonyl (C=O) groups excluding carboxylic acids is 1. The maximum absolute atomic E-state index is 12.1. The van der Waals surface area contributed by atoms with Gasteiger partial charge in [0.25, 0.3) is 0 Å². The fourth-order valence-electron chi connectivity index (χ4n) is 2.30. The SMILES string of the molecule is COC(=O)CCCCC1=[N+]([O-])C(OC)C(C)(C)[NH+]1[O-]. The maximum atomic E-state index is 12.1. The number of ether oxygens (including phenoxy) is 2. The van der Waals surface area contributed by atoms with E-state index >= 15 is 0 Å². The quantitative estimate of drug-likeness (QED) is 0.313. The van der Waals surface area contributed by atoms with Gasteiger partial charge in [0.2, 0.25) is 0 Å². The lowest BCUT2D eigenvalue weighted by Gasteiger charge is -2.29. The highest BCUT2D eigenvalue weighted by atomic mass is 16.6. The number of hydrogen-bond donors (Lipinski definition) is 1. The van der Waals surface area contributed by atoms with E-state index in [2.05, 4.69) is 4.74 Å². The predicted molar refractivity (Wildman–Crippen MR) is 68.3 cm³/mol. The van der Waals surface area contributed by atoms with Gasteiger partial charge < -0.3 is 19.9 Å². The molecule has 0 aromatic carbocycles. The van der Waals surface area contributed by atoms with E-state index in [4.69, 9.17) is 4.74 Å². The van der Waals surface area contributed by atoms with Gasteiger partial charge in [0.1, 0.15) is 0 Å². The Morgan fingerprint density at radius 2 is 2.05 bits per heavy atom. The standard InChI is InChI=1S/C12H22N2O5/c1-12(2)11(19-4)13(16)9(14(12)17)7-5-6-8-10(15)18-3/h11,14H,5-8H2,1-4H3. The van der Waals surface area contributed by atoms with Crippen molar-refractivity contribution in [1.82, 2.24) is 0 Å². The number of hydroxylamine groups is 3. The number of hydrogen-bond acceptors (Lipinski definition) is 5. The number of unbranched alkanes of at least 4 members (excludes halogenated alkanes) is 1. The highest BCUT2D eigenvalue weighted by Crippen LogP contribution is 2.16. The minimum atomic E-state index is -0.825. The molecule has 7 nitrogen and oxygen atoms in total. The summed E-state index contributed by atoms with van der Waals surface area (Å²) >= 11 is 0. The minimum Gasteiger partial charge on any atom is -0.624 e. The topological polar surface area (TPSA) is 89.1 Å². The van der Waals surface area contributed by atoms with Crippen LogP contribution in [0.1, 0.15) is 39.5 Å². The van der Waals surface area contributed by atoms with Crippen molar-refractivity contribution < 1.29 is 24.1 Å². The first-order chi connectivity index (χ1) is 8.86. The summed E-state index contributed by atoms with van der Waals surface area (Å²) in [4.78, 5) is 10.9. The monoisotopic (exact) mass is 274 g/mol. The van der Waals surface area contributed by atoms with Crippen LogP contribution >= 0.6 is 0 Å². The third-order valence-corrected chi connectivity index (χ3v) is 3.44. The average molecular weight is 274 g/mol. The van der Waals surface area contributed by atoms with Crippen LogP contribution in [-0.2, 0) is 14.3 Å². The van der Waals surface area contributed by atoms with Crippen molar-refractivity contribution >= 4 is 11.8 Å². The molecule has 0 fully saturated rings. The van der Waals surface area contributed by atoms with Crippen molar-refractivity contribution in [2.75, 3.05) is 14.2 Å². The summed E-state index contributed by atoms with van der Waals surface area (Å²) in [7, 11) is 2.76. The molecule has 0 aromatic heterocycles. The Balaban J connectivity index is 2.57. The van der Waals surface area contributed by atoms with Gasteiger partial charge in [0.15, 0.2) is 5.54 Å². The summed E-state index contributed by atoms with van der Waals surface area (Å²) in [5.74, 6) is -0.0430. The molecule has 0 spiro atoms. The summed E-state index contributed by atoms with van der Waals surface area (Å²) in [6, 6.07) is 0. The van der Waals surface area contributed by atoms with Crippen LogP contribution in [0.4, 0.5) is 0 Å². The van der Waals surface area contributed by atoms with Gasteiger partial charge in [-0.2, -0.15) is 0 Å². The zero-order valence-electron chi connectivity index (χ0n) is 11.9. The van der Waals surface area contributed by atoms with Crippen molar-refractivity contribution in [2.24, 2.45) is 0 Å². The first-order valence-corrected chi connectivity index (χ1v) is 6.32. The van der Waals surface area contributed by atoms with Crippen molar-refractivity contribution in [3.8, 4) is 0 Å². The van der Waals surface area contributed by atoms with Crippen molar-refractivity contribution in [2.45, 2.75) is 51.3 Å². The molecule has 110 valence electrons. The van der Waals surface area contributed by atoms with Crippen molar-refractivity contribution in [1.29, 1.82) is 0 Å². The van der Waals surface area contributed by atoms with E-state index < -0.39 is 11.8 Å². The molecule has 7 heteroatoms. The Labute approximate surface area is 112 Å². The zero-order valence-corrected chi connectivity index (χ0v) is 11.9. The molecule has 0 saturated carbocycles. The highest BCUT2D eigenvalue weighted by Gasteiger charge is 2.53. The van der Waals surface area contributed by atoms with E-state index in [1.807, 2.05) is 0 Å². The number of methoxy groups -OCH3 is 2. The van der Waals surface area contributed by atoms with Gasteiger partial charge in [-0.1, -0.05) is 0 Å². The molecule has 0 aromatic rings. The Morgan fingerprint density at radius 3 is 2.53 bits per heavy atom. The second-order valence-corrected chi connectivity index (χ2v) is 5.19. The molecule has 1 aliphatic heterocycles. The lowest BCUT2D eigenvalue weighted by molar-refractivity contribution is -0.807. The van der Waals surface area contributed by atoms with Crippen LogP contribution < -0.4 is 5.06 Å². The third kappa shape index (κ3) is 3.23. The van der Waals surface area contributed by atoms with E-state index in [0.29, 0.717) is 30.4 Å². The number of amidine groups is 1. The zero-order chi connectivity index (χ0) is 14.6. The van der Waals surface area contributed by atoms with Crippen LogP contribution in [0, 0.1) is 10.4 Å². The molecule has 0 radical (unpaired) electrons. The minimum absolute atomic E-state index is 0.174. The number of esters is 1. The summed E-state index contributed by atoms with van der Waals surface area (Å²) in [6.07, 6.45) is 1.09. The molecule has 2 unspecified atom stereocenters. The van der Waals surface area contributed by atoms with Crippen LogP contribution in [0.15, 0.2) is 0 Å². The van der Waals surface area contributed by atoms with Gasteiger partial charge in [-0.25, -0.2) is 0 Å². The number of quaternary nitrogens is 1. The van der Waals surface area contributed by atoms with E-state index in [9.17, 15) is 15.2 Å². The summed E-state index contributed by atoms with van der Waals surface area (Å²) in [5.41, 5.74) is -0.825. The summed E-state index contributed by atoms with van der Waals surface area (Å²) < 4.78 is 10.3. The van der Waals surface area contributed by atoms with Gasteiger partial charge in [0.05, 0.1) is 13.5 Å². The largest absolute Gasteiger partial charge is 0.624 e. The van der Waals surface area contributed by atoms with Crippen LogP contribution in [-0.4, -0.2) is 42.5 Å². The van der Waals surface area contributed by atoms with E-state index in [1.165, 1.54) is 14.2 Å². The molecule has 0 aliphatic carbocycles. The molecule has 0 amide bonds. The fourth-order valence-corrected chi connectivity index (χ4v) is 2.30. The lowest BCUT2D eigenvalue weighted by Crippen LogP contribution is -3.16. The van der Waals surface area contributed by atoms with Crippen LogP contribution in [0.5, 0.6) is 0 Å². The Bertz CT molecular complexity index is 367. The van der Waals surface area contributed by atoms with Gasteiger partial charge in [-0.05, 0) is 12.8 Å². The second kappa shape index (κ2) is 6.31. The Kier molecular flexibility index (Phi) is 5.28. The van der Waals surface area contributed by atoms with E-state index in [1.54, 1.807) is 13.8 Å². The van der Waals surface area contributed by atoms with E-state index in [0.717, 1.165) is 0 Å². The molecule has 1 heterocycles. The lowest BCUT2D eigenvalue weighted by atomic mass is 10.0. The third-order valence-electron chi connectivity index (χ3n) is 3.44. The molecule has 1 aliphatic rings. The van der Waals surface area contributed by atoms with Gasteiger partial charge >= 0.3 is 18.0 Å². The number of nitrogens with one attached hydrogen (secondary N) is 1. The molecule has 0 bridgehead atoms. The molecule has 1 N–H and O–H groups in total. The molecule has 1 rings (SSSR count). The maximum Gasteiger partial charge on any atom is 0.350 e. The number of carbonyl (C=O) groups is 1. The van der Waals surface area contributed by atoms with Gasteiger partial charge in [-0.15, -0.1) is 4.74 Å². The van der Waals surface area contributed by atoms with Crippen LogP contribution in [0.3, 0.4) is 0 Å². The van der Waals surface area contributed by atoms with E-state index in [-0.39, 0.29) is 16.9 Å². The Morgan fingerprint density at radius 1 is 1.42 bits per heavy atom.